The van der Waals surface area contributed by atoms with Crippen LogP contribution in [0.25, 0.3) is 0 Å². The first kappa shape index (κ1) is 14.5. The van der Waals surface area contributed by atoms with Gasteiger partial charge in [-0.3, -0.25) is 9.59 Å². The fourth-order valence-corrected chi connectivity index (χ4v) is 1.17. The number of pyridine rings is 1. The van der Waals surface area contributed by atoms with Gasteiger partial charge in [-0.2, -0.15) is 0 Å². The van der Waals surface area contributed by atoms with Gasteiger partial charge in [0, 0.05) is 18.3 Å². The number of carbonyl (C=O) groups excluding carboxylic acids is 1. The fraction of sp³-hybridized carbons (Fsp3) is 0.308. The molecule has 0 unspecified atom stereocenters. The molecule has 1 aromatic rings. The highest BCUT2D eigenvalue weighted by Crippen LogP contribution is 2.17. The van der Waals surface area contributed by atoms with E-state index in [2.05, 4.69) is 16.2 Å². The van der Waals surface area contributed by atoms with Crippen LogP contribution in [0.4, 0.5) is 0 Å². The molecule has 6 heteroatoms. The van der Waals surface area contributed by atoms with Crippen LogP contribution in [0.3, 0.4) is 0 Å². The number of carboxylic acid groups (broad SMARTS) is 1. The van der Waals surface area contributed by atoms with Gasteiger partial charge in [0.15, 0.2) is 5.69 Å². The number of rotatable bonds is 4. The topological polar surface area (TPSA) is 99.5 Å². The van der Waals surface area contributed by atoms with Gasteiger partial charge in [-0.05, 0) is 19.9 Å². The molecule has 0 saturated carbocycles. The third kappa shape index (κ3) is 3.45. The Morgan fingerprint density at radius 2 is 2.16 bits per heavy atom. The third-order valence-corrected chi connectivity index (χ3v) is 2.52. The number of carbonyl (C=O) groups is 2. The predicted octanol–water partition coefficient (Wildman–Crippen LogP) is 0.609. The largest absolute Gasteiger partial charge is 0.505 e. The van der Waals surface area contributed by atoms with Crippen LogP contribution in [-0.2, 0) is 4.79 Å². The predicted molar refractivity (Wildman–Crippen MR) is 67.6 cm³/mol. The summed E-state index contributed by atoms with van der Waals surface area (Å²) in [6, 6.07) is 1.24. The van der Waals surface area contributed by atoms with Crippen LogP contribution in [0.1, 0.15) is 29.9 Å². The van der Waals surface area contributed by atoms with Gasteiger partial charge < -0.3 is 15.5 Å². The van der Waals surface area contributed by atoms with E-state index in [1.54, 1.807) is 0 Å². The van der Waals surface area contributed by atoms with Crippen molar-refractivity contribution in [2.24, 2.45) is 5.41 Å². The zero-order valence-corrected chi connectivity index (χ0v) is 10.6. The second-order valence-electron chi connectivity index (χ2n) is 4.61. The summed E-state index contributed by atoms with van der Waals surface area (Å²) in [5.74, 6) is 0.235. The minimum absolute atomic E-state index is 0.0841. The number of carboxylic acids is 1. The molecule has 19 heavy (non-hydrogen) atoms. The summed E-state index contributed by atoms with van der Waals surface area (Å²) in [5, 5.41) is 20.9. The van der Waals surface area contributed by atoms with Gasteiger partial charge in [-0.15, -0.1) is 6.42 Å². The maximum Gasteiger partial charge on any atom is 0.310 e. The minimum atomic E-state index is -1.11. The molecule has 0 saturated heterocycles. The Morgan fingerprint density at radius 3 is 2.63 bits per heavy atom. The molecule has 6 nitrogen and oxygen atoms in total. The molecule has 1 amide bonds. The van der Waals surface area contributed by atoms with E-state index < -0.39 is 17.3 Å². The van der Waals surface area contributed by atoms with Crippen molar-refractivity contribution in [2.45, 2.75) is 13.8 Å². The summed E-state index contributed by atoms with van der Waals surface area (Å²) < 4.78 is 0. The van der Waals surface area contributed by atoms with Gasteiger partial charge in [0.05, 0.1) is 5.41 Å². The van der Waals surface area contributed by atoms with Gasteiger partial charge in [-0.1, -0.05) is 5.92 Å². The molecule has 3 N–H and O–H groups in total. The molecular formula is C13H14N2O4. The number of nitrogens with one attached hydrogen (secondary N) is 1. The van der Waals surface area contributed by atoms with E-state index in [-0.39, 0.29) is 18.0 Å². The lowest BCUT2D eigenvalue weighted by molar-refractivity contribution is -0.146. The number of aliphatic carboxylic acids is 1. The number of aromatic nitrogens is 1. The first-order valence-electron chi connectivity index (χ1n) is 5.45. The standard InChI is InChI=1S/C13H14N2O4/c1-4-8-5-9(16)10(14-6-8)11(17)15-7-13(2,3)12(18)19/h1,5-6,16H,7H2,2-3H3,(H,15,17)(H,18,19). The summed E-state index contributed by atoms with van der Waals surface area (Å²) >= 11 is 0. The van der Waals surface area contributed by atoms with Gasteiger partial charge in [0.25, 0.3) is 5.91 Å². The highest BCUT2D eigenvalue weighted by atomic mass is 16.4. The van der Waals surface area contributed by atoms with Crippen molar-refractivity contribution in [3.8, 4) is 18.1 Å². The quantitative estimate of drug-likeness (QED) is 0.690. The van der Waals surface area contributed by atoms with Crippen LogP contribution in [0.2, 0.25) is 0 Å². The Morgan fingerprint density at radius 1 is 1.53 bits per heavy atom. The lowest BCUT2D eigenvalue weighted by atomic mass is 9.94. The van der Waals surface area contributed by atoms with Crippen molar-refractivity contribution in [1.29, 1.82) is 0 Å². The van der Waals surface area contributed by atoms with Crippen molar-refractivity contribution in [3.05, 3.63) is 23.5 Å². The molecular weight excluding hydrogens is 248 g/mol. The zero-order chi connectivity index (χ0) is 14.6. The average Bonchev–Trinajstić information content (AvgIpc) is 2.35. The molecule has 0 aliphatic carbocycles. The van der Waals surface area contributed by atoms with E-state index in [9.17, 15) is 14.7 Å². The first-order valence-corrected chi connectivity index (χ1v) is 5.45. The van der Waals surface area contributed by atoms with Crippen LogP contribution in [0.15, 0.2) is 12.3 Å². The Bertz CT molecular complexity index is 558. The lowest BCUT2D eigenvalue weighted by Crippen LogP contribution is -2.39. The Labute approximate surface area is 110 Å². The second-order valence-corrected chi connectivity index (χ2v) is 4.61. The van der Waals surface area contributed by atoms with E-state index in [0.29, 0.717) is 5.56 Å². The van der Waals surface area contributed by atoms with Gasteiger partial charge in [-0.25, -0.2) is 4.98 Å². The summed E-state index contributed by atoms with van der Waals surface area (Å²) in [6.07, 6.45) is 6.40. The van der Waals surface area contributed by atoms with E-state index >= 15 is 0 Å². The van der Waals surface area contributed by atoms with E-state index in [1.807, 2.05) is 0 Å². The van der Waals surface area contributed by atoms with Crippen LogP contribution >= 0.6 is 0 Å². The number of amides is 1. The maximum absolute atomic E-state index is 11.8. The Balaban J connectivity index is 2.80. The number of nitrogens with zero attached hydrogens (tertiary/aromatic N) is 1. The number of hydrogen-bond donors (Lipinski definition) is 3. The van der Waals surface area contributed by atoms with Crippen molar-refractivity contribution in [2.75, 3.05) is 6.54 Å². The SMILES string of the molecule is C#Cc1cnc(C(=O)NCC(C)(C)C(=O)O)c(O)c1. The fourth-order valence-electron chi connectivity index (χ4n) is 1.17. The molecule has 1 aromatic heterocycles. The van der Waals surface area contributed by atoms with Crippen molar-refractivity contribution < 1.29 is 19.8 Å². The molecule has 0 aromatic carbocycles. The smallest absolute Gasteiger partial charge is 0.310 e. The van der Waals surface area contributed by atoms with E-state index in [0.717, 1.165) is 0 Å². The minimum Gasteiger partial charge on any atom is -0.505 e. The van der Waals surface area contributed by atoms with Gasteiger partial charge >= 0.3 is 5.97 Å². The highest BCUT2D eigenvalue weighted by Gasteiger charge is 2.28. The molecule has 1 heterocycles. The number of hydrogen-bond acceptors (Lipinski definition) is 4. The monoisotopic (exact) mass is 262 g/mol. The molecule has 0 spiro atoms. The Kier molecular flexibility index (Phi) is 4.12. The zero-order valence-electron chi connectivity index (χ0n) is 10.6. The number of aromatic hydroxyl groups is 1. The maximum atomic E-state index is 11.8. The first-order chi connectivity index (χ1) is 8.77. The highest BCUT2D eigenvalue weighted by molar-refractivity contribution is 5.95. The van der Waals surface area contributed by atoms with Crippen LogP contribution < -0.4 is 5.32 Å². The van der Waals surface area contributed by atoms with Crippen LogP contribution in [-0.4, -0.2) is 33.6 Å². The molecule has 0 bridgehead atoms. The normalized spacial score (nSPS) is 10.6. The molecule has 0 aliphatic heterocycles. The van der Waals surface area contributed by atoms with Crippen molar-refractivity contribution >= 4 is 11.9 Å². The summed E-state index contributed by atoms with van der Waals surface area (Å²) in [4.78, 5) is 26.4. The third-order valence-electron chi connectivity index (χ3n) is 2.52. The van der Waals surface area contributed by atoms with Crippen LogP contribution in [0.5, 0.6) is 5.75 Å². The lowest BCUT2D eigenvalue weighted by Gasteiger charge is -2.19. The Hall–Kier alpha value is -2.55. The van der Waals surface area contributed by atoms with Gasteiger partial charge in [0.1, 0.15) is 5.75 Å². The molecule has 100 valence electrons. The number of terminal acetylenes is 1. The van der Waals surface area contributed by atoms with E-state index in [1.165, 1.54) is 26.1 Å². The molecule has 0 radical (unpaired) electrons. The molecule has 1 rings (SSSR count). The summed E-state index contributed by atoms with van der Waals surface area (Å²) in [5.41, 5.74) is -0.954. The van der Waals surface area contributed by atoms with Crippen molar-refractivity contribution in [3.63, 3.8) is 0 Å². The summed E-state index contributed by atoms with van der Waals surface area (Å²) in [7, 11) is 0. The average molecular weight is 262 g/mol. The van der Waals surface area contributed by atoms with Crippen molar-refractivity contribution in [1.82, 2.24) is 10.3 Å². The molecule has 0 atom stereocenters. The van der Waals surface area contributed by atoms with E-state index in [4.69, 9.17) is 11.5 Å². The molecule has 0 aliphatic rings. The van der Waals surface area contributed by atoms with Crippen LogP contribution in [0, 0.1) is 17.8 Å². The summed E-state index contributed by atoms with van der Waals surface area (Å²) in [6.45, 7) is 2.87. The second kappa shape index (κ2) is 5.40. The molecule has 0 fully saturated rings. The van der Waals surface area contributed by atoms with Gasteiger partial charge in [0.2, 0.25) is 0 Å².